The lowest BCUT2D eigenvalue weighted by atomic mass is 10.1. The molecule has 0 spiro atoms. The monoisotopic (exact) mass is 398 g/mol. The van der Waals surface area contributed by atoms with Gasteiger partial charge in [0.2, 0.25) is 5.91 Å². The molecule has 3 rings (SSSR count). The number of nitrogens with zero attached hydrogens (tertiary/aromatic N) is 2. The van der Waals surface area contributed by atoms with Gasteiger partial charge in [-0.2, -0.15) is 0 Å². The highest BCUT2D eigenvalue weighted by Crippen LogP contribution is 2.12. The van der Waals surface area contributed by atoms with Gasteiger partial charge in [-0.3, -0.25) is 9.59 Å². The molecule has 0 aliphatic carbocycles. The Bertz CT molecular complexity index is 884. The van der Waals surface area contributed by atoms with E-state index in [1.807, 2.05) is 0 Å². The van der Waals surface area contributed by atoms with E-state index in [1.165, 1.54) is 24.3 Å². The second-order valence-corrected chi connectivity index (χ2v) is 6.87. The van der Waals surface area contributed by atoms with E-state index >= 15 is 0 Å². The third-order valence-corrected chi connectivity index (χ3v) is 4.78. The number of likely N-dealkylation sites (N-methyl/N-ethyl adjacent to an activating group) is 1. The van der Waals surface area contributed by atoms with Gasteiger partial charge >= 0.3 is 6.03 Å². The normalized spacial score (nSPS) is 14.3. The van der Waals surface area contributed by atoms with Gasteiger partial charge in [-0.25, -0.2) is 9.18 Å². The van der Waals surface area contributed by atoms with Gasteiger partial charge in [-0.15, -0.1) is 0 Å². The maximum atomic E-state index is 12.9. The zero-order valence-electron chi connectivity index (χ0n) is 16.2. The number of amides is 4. The molecule has 1 aliphatic rings. The van der Waals surface area contributed by atoms with Crippen molar-refractivity contribution in [3.63, 3.8) is 0 Å². The predicted molar refractivity (Wildman–Crippen MR) is 107 cm³/mol. The van der Waals surface area contributed by atoms with Crippen LogP contribution in [0, 0.1) is 5.82 Å². The summed E-state index contributed by atoms with van der Waals surface area (Å²) in [5, 5.41) is 5.54. The molecule has 0 aromatic heterocycles. The molecule has 1 aliphatic heterocycles. The van der Waals surface area contributed by atoms with Crippen molar-refractivity contribution in [2.45, 2.75) is 13.0 Å². The zero-order chi connectivity index (χ0) is 20.8. The maximum Gasteiger partial charge on any atom is 0.317 e. The summed E-state index contributed by atoms with van der Waals surface area (Å²) in [4.78, 5) is 39.5. The minimum Gasteiger partial charge on any atom is -0.344 e. The summed E-state index contributed by atoms with van der Waals surface area (Å²) < 4.78 is 12.9. The highest BCUT2D eigenvalue weighted by atomic mass is 19.1. The van der Waals surface area contributed by atoms with Gasteiger partial charge in [-0.05, 0) is 42.0 Å². The number of anilines is 1. The summed E-state index contributed by atoms with van der Waals surface area (Å²) in [5.41, 5.74) is 1.81. The number of halogens is 1. The lowest BCUT2D eigenvalue weighted by Gasteiger charge is -2.20. The largest absolute Gasteiger partial charge is 0.344 e. The number of benzene rings is 2. The van der Waals surface area contributed by atoms with Crippen molar-refractivity contribution in [2.75, 3.05) is 32.0 Å². The fourth-order valence-electron chi connectivity index (χ4n) is 2.93. The summed E-state index contributed by atoms with van der Waals surface area (Å²) in [5.74, 6) is -0.631. The molecule has 0 atom stereocenters. The molecular weight excluding hydrogens is 375 g/mol. The van der Waals surface area contributed by atoms with E-state index in [1.54, 1.807) is 41.1 Å². The van der Waals surface area contributed by atoms with E-state index in [0.717, 1.165) is 5.56 Å². The summed E-state index contributed by atoms with van der Waals surface area (Å²) in [6.45, 7) is 1.73. The van der Waals surface area contributed by atoms with E-state index in [-0.39, 0.29) is 23.7 Å². The number of rotatable bonds is 4. The SMILES string of the molecule is CN1CCN(C(=O)NCc2ccc(C(=O)Nc3ccc(F)cc3)cc2)CCC1=O. The minimum absolute atomic E-state index is 0.0369. The summed E-state index contributed by atoms with van der Waals surface area (Å²) in [7, 11) is 1.73. The van der Waals surface area contributed by atoms with Crippen LogP contribution in [0.5, 0.6) is 0 Å². The van der Waals surface area contributed by atoms with Crippen LogP contribution in [0.2, 0.25) is 0 Å². The molecule has 0 bridgehead atoms. The first-order valence-electron chi connectivity index (χ1n) is 9.35. The van der Waals surface area contributed by atoms with Gasteiger partial charge in [-0.1, -0.05) is 12.1 Å². The van der Waals surface area contributed by atoms with Crippen LogP contribution in [-0.4, -0.2) is 54.3 Å². The van der Waals surface area contributed by atoms with Crippen molar-refractivity contribution < 1.29 is 18.8 Å². The highest BCUT2D eigenvalue weighted by Gasteiger charge is 2.21. The molecule has 7 nitrogen and oxygen atoms in total. The second kappa shape index (κ2) is 9.18. The second-order valence-electron chi connectivity index (χ2n) is 6.87. The van der Waals surface area contributed by atoms with E-state index in [2.05, 4.69) is 10.6 Å². The van der Waals surface area contributed by atoms with Gasteiger partial charge in [0.25, 0.3) is 5.91 Å². The standard InChI is InChI=1S/C21H23FN4O3/c1-25-12-13-26(11-10-19(25)27)21(29)23-14-15-2-4-16(5-3-15)20(28)24-18-8-6-17(22)7-9-18/h2-9H,10-14H2,1H3,(H,23,29)(H,24,28). The molecule has 0 saturated carbocycles. The molecule has 29 heavy (non-hydrogen) atoms. The van der Waals surface area contributed by atoms with Gasteiger partial charge in [0.1, 0.15) is 5.82 Å². The third-order valence-electron chi connectivity index (χ3n) is 4.78. The van der Waals surface area contributed by atoms with E-state index in [4.69, 9.17) is 0 Å². The summed E-state index contributed by atoms with van der Waals surface area (Å²) >= 11 is 0. The van der Waals surface area contributed by atoms with Crippen molar-refractivity contribution in [3.05, 3.63) is 65.5 Å². The maximum absolute atomic E-state index is 12.9. The van der Waals surface area contributed by atoms with Crippen LogP contribution in [0.3, 0.4) is 0 Å². The Morgan fingerprint density at radius 2 is 1.69 bits per heavy atom. The molecule has 1 heterocycles. The Labute approximate surface area is 168 Å². The molecule has 2 aromatic carbocycles. The topological polar surface area (TPSA) is 81.8 Å². The first-order chi connectivity index (χ1) is 13.9. The van der Waals surface area contributed by atoms with Gasteiger partial charge in [0.05, 0.1) is 0 Å². The van der Waals surface area contributed by atoms with Crippen LogP contribution in [0.25, 0.3) is 0 Å². The van der Waals surface area contributed by atoms with E-state index in [9.17, 15) is 18.8 Å². The number of carbonyl (C=O) groups excluding carboxylic acids is 3. The van der Waals surface area contributed by atoms with Crippen LogP contribution in [-0.2, 0) is 11.3 Å². The van der Waals surface area contributed by atoms with E-state index < -0.39 is 0 Å². The van der Waals surface area contributed by atoms with Crippen molar-refractivity contribution in [1.29, 1.82) is 0 Å². The molecule has 1 saturated heterocycles. The van der Waals surface area contributed by atoms with Gasteiger partial charge < -0.3 is 20.4 Å². The number of carbonyl (C=O) groups is 3. The summed E-state index contributed by atoms with van der Waals surface area (Å²) in [6, 6.07) is 12.2. The molecule has 8 heteroatoms. The lowest BCUT2D eigenvalue weighted by molar-refractivity contribution is -0.129. The van der Waals surface area contributed by atoms with Crippen molar-refractivity contribution in [2.24, 2.45) is 0 Å². The molecular formula is C21H23FN4O3. The molecule has 4 amide bonds. The minimum atomic E-state index is -0.367. The lowest BCUT2D eigenvalue weighted by Crippen LogP contribution is -2.41. The summed E-state index contributed by atoms with van der Waals surface area (Å²) in [6.07, 6.45) is 0.321. The molecule has 2 N–H and O–H groups in total. The molecule has 2 aromatic rings. The fourth-order valence-corrected chi connectivity index (χ4v) is 2.93. The predicted octanol–water partition coefficient (Wildman–Crippen LogP) is 2.45. The number of hydrogen-bond donors (Lipinski definition) is 2. The smallest absolute Gasteiger partial charge is 0.317 e. The first-order valence-corrected chi connectivity index (χ1v) is 9.35. The average molecular weight is 398 g/mol. The number of nitrogens with one attached hydrogen (secondary N) is 2. The molecule has 0 unspecified atom stereocenters. The van der Waals surface area contributed by atoms with Crippen molar-refractivity contribution in [1.82, 2.24) is 15.1 Å². The molecule has 152 valence electrons. The molecule has 0 radical (unpaired) electrons. The van der Waals surface area contributed by atoms with Crippen LogP contribution >= 0.6 is 0 Å². The van der Waals surface area contributed by atoms with Gasteiger partial charge in [0, 0.05) is 50.9 Å². The van der Waals surface area contributed by atoms with Crippen LogP contribution in [0.1, 0.15) is 22.3 Å². The zero-order valence-corrected chi connectivity index (χ0v) is 16.2. The van der Waals surface area contributed by atoms with Crippen LogP contribution in [0.4, 0.5) is 14.9 Å². The third kappa shape index (κ3) is 5.54. The Kier molecular flexibility index (Phi) is 6.43. The van der Waals surface area contributed by atoms with E-state index in [0.29, 0.717) is 43.9 Å². The fraction of sp³-hybridized carbons (Fsp3) is 0.286. The quantitative estimate of drug-likeness (QED) is 0.830. The Balaban J connectivity index is 1.51. The average Bonchev–Trinajstić information content (AvgIpc) is 2.89. The van der Waals surface area contributed by atoms with Crippen LogP contribution in [0.15, 0.2) is 48.5 Å². The highest BCUT2D eigenvalue weighted by molar-refractivity contribution is 6.04. The number of urea groups is 1. The molecule has 1 fully saturated rings. The number of hydrogen-bond acceptors (Lipinski definition) is 3. The first kappa shape index (κ1) is 20.3. The van der Waals surface area contributed by atoms with Gasteiger partial charge in [0.15, 0.2) is 0 Å². The Hall–Kier alpha value is -3.42. The Morgan fingerprint density at radius 3 is 2.38 bits per heavy atom. The Morgan fingerprint density at radius 1 is 1.00 bits per heavy atom. The van der Waals surface area contributed by atoms with Crippen LogP contribution < -0.4 is 10.6 Å². The van der Waals surface area contributed by atoms with Crippen molar-refractivity contribution >= 4 is 23.5 Å². The van der Waals surface area contributed by atoms with Crippen molar-refractivity contribution in [3.8, 4) is 0 Å².